The van der Waals surface area contributed by atoms with E-state index in [2.05, 4.69) is 0 Å². The zero-order valence-electron chi connectivity index (χ0n) is 12.3. The fourth-order valence-electron chi connectivity index (χ4n) is 2.80. The lowest BCUT2D eigenvalue weighted by Crippen LogP contribution is -2.49. The van der Waals surface area contributed by atoms with Gasteiger partial charge < -0.3 is 24.8 Å². The first-order valence-corrected chi connectivity index (χ1v) is 7.04. The van der Waals surface area contributed by atoms with Crippen LogP contribution in [0.4, 0.5) is 0 Å². The number of rotatable bonds is 3. The van der Waals surface area contributed by atoms with Crippen molar-refractivity contribution in [3.63, 3.8) is 0 Å². The molecule has 5 atom stereocenters. The summed E-state index contributed by atoms with van der Waals surface area (Å²) in [6.07, 6.45) is -7.10. The number of aliphatic carboxylic acids is 1. The highest BCUT2D eigenvalue weighted by Gasteiger charge is 2.54. The topological polar surface area (TPSA) is 185 Å². The van der Waals surface area contributed by atoms with Crippen molar-refractivity contribution < 1.29 is 39.2 Å². The van der Waals surface area contributed by atoms with Crippen LogP contribution in [0.3, 0.4) is 0 Å². The molecule has 0 unspecified atom stereocenters. The summed E-state index contributed by atoms with van der Waals surface area (Å²) in [6, 6.07) is 0. The molecular formula is C13H12N2O10. The molecule has 12 heteroatoms. The second-order valence-corrected chi connectivity index (χ2v) is 5.55. The van der Waals surface area contributed by atoms with Crippen LogP contribution in [0.2, 0.25) is 0 Å². The lowest BCUT2D eigenvalue weighted by atomic mass is 9.98. The third-order valence-corrected chi connectivity index (χ3v) is 3.99. The highest BCUT2D eigenvalue weighted by atomic mass is 16.6. The average molecular weight is 356 g/mol. The molecule has 0 amide bonds. The van der Waals surface area contributed by atoms with Crippen molar-refractivity contribution in [2.45, 2.75) is 37.1 Å². The second-order valence-electron chi connectivity index (χ2n) is 5.55. The van der Waals surface area contributed by atoms with Crippen molar-refractivity contribution in [1.29, 1.82) is 0 Å². The summed E-state index contributed by atoms with van der Waals surface area (Å²) in [5, 5.41) is 28.2. The monoisotopic (exact) mass is 356 g/mol. The summed E-state index contributed by atoms with van der Waals surface area (Å²) in [7, 11) is 0. The maximum absolute atomic E-state index is 12.0. The summed E-state index contributed by atoms with van der Waals surface area (Å²) in [5.41, 5.74) is -2.99. The number of aliphatic hydroxyl groups is 1. The van der Waals surface area contributed by atoms with E-state index in [4.69, 9.17) is 19.7 Å². The zero-order valence-corrected chi connectivity index (χ0v) is 12.3. The van der Waals surface area contributed by atoms with Crippen molar-refractivity contribution in [2.24, 2.45) is 0 Å². The Balaban J connectivity index is 1.98. The fourth-order valence-corrected chi connectivity index (χ4v) is 2.80. The number of ether oxygens (including phenoxy) is 2. The van der Waals surface area contributed by atoms with E-state index >= 15 is 0 Å². The molecule has 25 heavy (non-hydrogen) atoms. The standard InChI is InChI=1S/C13H12N2O10/c16-4-1-5(12(21)22)24-8-6(17)10(25-7(4)8)15-2-3(11(19)20)9(18)14-13(15)23/h2,5-8,10,17H,1H2,(H,19,20)(H,21,22)(H,14,18,23)/t5-,6+,7-,8-,10+/m0/s1. The number of carboxylic acids is 2. The molecule has 2 aliphatic heterocycles. The Kier molecular flexibility index (Phi) is 4.02. The van der Waals surface area contributed by atoms with Gasteiger partial charge in [-0.25, -0.2) is 14.4 Å². The van der Waals surface area contributed by atoms with Gasteiger partial charge in [0.1, 0.15) is 23.9 Å². The summed E-state index contributed by atoms with van der Waals surface area (Å²) >= 11 is 0. The van der Waals surface area contributed by atoms with Crippen molar-refractivity contribution in [3.05, 3.63) is 32.6 Å². The normalized spacial score (nSPS) is 31.6. The van der Waals surface area contributed by atoms with Gasteiger partial charge in [-0.3, -0.25) is 19.1 Å². The number of aromatic carboxylic acids is 1. The van der Waals surface area contributed by atoms with Gasteiger partial charge in [-0.1, -0.05) is 0 Å². The van der Waals surface area contributed by atoms with E-state index in [-0.39, 0.29) is 0 Å². The maximum atomic E-state index is 12.0. The van der Waals surface area contributed by atoms with Gasteiger partial charge in [0.25, 0.3) is 5.56 Å². The highest BCUT2D eigenvalue weighted by molar-refractivity contribution is 5.90. The lowest BCUT2D eigenvalue weighted by Gasteiger charge is -2.28. The van der Waals surface area contributed by atoms with E-state index in [1.165, 1.54) is 0 Å². The number of aliphatic hydroxyl groups excluding tert-OH is 1. The molecule has 134 valence electrons. The predicted octanol–water partition coefficient (Wildman–Crippen LogP) is -2.70. The minimum atomic E-state index is -1.64. The largest absolute Gasteiger partial charge is 0.479 e. The van der Waals surface area contributed by atoms with Gasteiger partial charge >= 0.3 is 17.6 Å². The summed E-state index contributed by atoms with van der Waals surface area (Å²) in [5.74, 6) is -3.64. The van der Waals surface area contributed by atoms with E-state index in [0.29, 0.717) is 10.8 Å². The molecule has 1 aromatic rings. The van der Waals surface area contributed by atoms with Crippen LogP contribution in [-0.2, 0) is 19.1 Å². The molecule has 2 saturated heterocycles. The maximum Gasteiger partial charge on any atom is 0.342 e. The second kappa shape index (κ2) is 5.91. The molecule has 0 saturated carbocycles. The third-order valence-electron chi connectivity index (χ3n) is 3.99. The molecule has 0 bridgehead atoms. The van der Waals surface area contributed by atoms with Gasteiger partial charge in [-0.15, -0.1) is 0 Å². The fraction of sp³-hybridized carbons (Fsp3) is 0.462. The Morgan fingerprint density at radius 1 is 1.20 bits per heavy atom. The number of carbonyl (C=O) groups excluding carboxylic acids is 1. The number of aromatic amines is 1. The van der Waals surface area contributed by atoms with Crippen LogP contribution in [0.1, 0.15) is 23.0 Å². The Hall–Kier alpha value is -2.83. The molecule has 4 N–H and O–H groups in total. The average Bonchev–Trinajstić information content (AvgIpc) is 2.85. The van der Waals surface area contributed by atoms with E-state index in [9.17, 15) is 29.1 Å². The molecule has 12 nitrogen and oxygen atoms in total. The van der Waals surface area contributed by atoms with Gasteiger partial charge in [0.2, 0.25) is 0 Å². The van der Waals surface area contributed by atoms with Crippen LogP contribution < -0.4 is 11.2 Å². The molecule has 3 rings (SSSR count). The van der Waals surface area contributed by atoms with Gasteiger partial charge in [0, 0.05) is 12.6 Å². The van der Waals surface area contributed by atoms with Crippen molar-refractivity contribution in [2.75, 3.05) is 0 Å². The number of H-pyrrole nitrogens is 1. The number of ketones is 1. The number of hydrogen-bond donors (Lipinski definition) is 4. The van der Waals surface area contributed by atoms with Crippen LogP contribution in [0.15, 0.2) is 15.8 Å². The Bertz CT molecular complexity index is 870. The van der Waals surface area contributed by atoms with Gasteiger partial charge in [-0.05, 0) is 0 Å². The molecule has 1 aromatic heterocycles. The molecule has 0 aliphatic carbocycles. The molecule has 3 heterocycles. The zero-order chi connectivity index (χ0) is 18.5. The minimum absolute atomic E-state index is 0.475. The van der Waals surface area contributed by atoms with Crippen LogP contribution >= 0.6 is 0 Å². The summed E-state index contributed by atoms with van der Waals surface area (Å²) in [6.45, 7) is 0. The first-order chi connectivity index (χ1) is 11.7. The number of hydrogen-bond acceptors (Lipinski definition) is 8. The summed E-state index contributed by atoms with van der Waals surface area (Å²) in [4.78, 5) is 59.2. The van der Waals surface area contributed by atoms with Crippen LogP contribution in [-0.4, -0.2) is 67.0 Å². The first-order valence-electron chi connectivity index (χ1n) is 7.04. The number of Topliss-reactive ketones (excluding diaryl/α,β-unsaturated/α-hetero) is 1. The highest BCUT2D eigenvalue weighted by Crippen LogP contribution is 2.35. The Labute approximate surface area is 137 Å². The molecular weight excluding hydrogens is 344 g/mol. The summed E-state index contributed by atoms with van der Waals surface area (Å²) < 4.78 is 11.0. The van der Waals surface area contributed by atoms with Gasteiger partial charge in [0.15, 0.2) is 18.1 Å². The first kappa shape index (κ1) is 17.0. The van der Waals surface area contributed by atoms with E-state index < -0.39 is 71.6 Å². The van der Waals surface area contributed by atoms with E-state index in [0.717, 1.165) is 0 Å². The van der Waals surface area contributed by atoms with Crippen molar-refractivity contribution in [3.8, 4) is 0 Å². The number of nitrogens with one attached hydrogen (secondary N) is 1. The van der Waals surface area contributed by atoms with Crippen molar-refractivity contribution >= 4 is 17.7 Å². The number of carbonyl (C=O) groups is 3. The van der Waals surface area contributed by atoms with Crippen LogP contribution in [0, 0.1) is 0 Å². The Morgan fingerprint density at radius 2 is 1.88 bits per heavy atom. The molecule has 0 spiro atoms. The molecule has 0 aromatic carbocycles. The van der Waals surface area contributed by atoms with Crippen LogP contribution in [0.25, 0.3) is 0 Å². The van der Waals surface area contributed by atoms with E-state index in [1.807, 2.05) is 0 Å². The predicted molar refractivity (Wildman–Crippen MR) is 74.1 cm³/mol. The molecule has 2 aliphatic rings. The smallest absolute Gasteiger partial charge is 0.342 e. The SMILES string of the molecule is O=C(O)c1cn([C@@H]2O[C@H]3C(=O)C[C@@H](C(=O)O)O[C@H]3[C@H]2O)c(=O)[nH]c1=O. The van der Waals surface area contributed by atoms with Gasteiger partial charge in [-0.2, -0.15) is 0 Å². The lowest BCUT2D eigenvalue weighted by molar-refractivity contribution is -0.174. The Morgan fingerprint density at radius 3 is 2.48 bits per heavy atom. The minimum Gasteiger partial charge on any atom is -0.479 e. The number of carboxylic acid groups (broad SMARTS) is 2. The molecule has 2 fully saturated rings. The van der Waals surface area contributed by atoms with Crippen LogP contribution in [0.5, 0.6) is 0 Å². The van der Waals surface area contributed by atoms with Gasteiger partial charge in [0.05, 0.1) is 0 Å². The molecule has 0 radical (unpaired) electrons. The third kappa shape index (κ3) is 2.75. The number of nitrogens with zero attached hydrogens (tertiary/aromatic N) is 1. The quantitative estimate of drug-likeness (QED) is 0.444. The van der Waals surface area contributed by atoms with Crippen molar-refractivity contribution in [1.82, 2.24) is 9.55 Å². The van der Waals surface area contributed by atoms with E-state index in [1.54, 1.807) is 4.98 Å². The number of aromatic nitrogens is 2. The number of fused-ring (bicyclic) bond motifs is 1.